The Labute approximate surface area is 130 Å². The van der Waals surface area contributed by atoms with Crippen LogP contribution in [-0.2, 0) is 0 Å². The summed E-state index contributed by atoms with van der Waals surface area (Å²) in [5, 5.41) is 0. The number of alkyl halides is 3. The molecular formula is C13H10Br2F2OS. The summed E-state index contributed by atoms with van der Waals surface area (Å²) in [5.41, 5.74) is 0.881. The van der Waals surface area contributed by atoms with Gasteiger partial charge in [-0.25, -0.2) is 0 Å². The number of ether oxygens (including phenoxy) is 1. The van der Waals surface area contributed by atoms with Gasteiger partial charge in [0.2, 0.25) is 0 Å². The normalized spacial score (nSPS) is 12.7. The van der Waals surface area contributed by atoms with E-state index in [2.05, 4.69) is 36.6 Å². The molecule has 0 saturated carbocycles. The first-order chi connectivity index (χ1) is 8.97. The van der Waals surface area contributed by atoms with Gasteiger partial charge in [-0.1, -0.05) is 28.1 Å². The molecule has 2 aromatic rings. The van der Waals surface area contributed by atoms with Gasteiger partial charge in [0.05, 0.1) is 4.83 Å². The summed E-state index contributed by atoms with van der Waals surface area (Å²) < 4.78 is 29.9. The molecule has 0 N–H and O–H groups in total. The second-order valence-electron chi connectivity index (χ2n) is 3.87. The molecule has 0 aliphatic rings. The van der Waals surface area contributed by atoms with Crippen molar-refractivity contribution in [1.82, 2.24) is 0 Å². The van der Waals surface area contributed by atoms with Gasteiger partial charge in [-0.2, -0.15) is 8.78 Å². The summed E-state index contributed by atoms with van der Waals surface area (Å²) in [7, 11) is 0. The number of aryl methyl sites for hydroxylation is 1. The third-order valence-electron chi connectivity index (χ3n) is 2.50. The molecule has 0 saturated heterocycles. The number of rotatable bonds is 4. The molecule has 1 unspecified atom stereocenters. The van der Waals surface area contributed by atoms with Crippen molar-refractivity contribution in [3.05, 3.63) is 50.1 Å². The Morgan fingerprint density at radius 2 is 2.00 bits per heavy atom. The molecule has 1 nitrogen and oxygen atoms in total. The van der Waals surface area contributed by atoms with Crippen molar-refractivity contribution in [2.75, 3.05) is 0 Å². The summed E-state index contributed by atoms with van der Waals surface area (Å²) >= 11 is 8.71. The van der Waals surface area contributed by atoms with Crippen LogP contribution in [0.5, 0.6) is 5.75 Å². The maximum atomic E-state index is 12.2. The Kier molecular flexibility index (Phi) is 4.97. The van der Waals surface area contributed by atoms with E-state index >= 15 is 0 Å². The Morgan fingerprint density at radius 3 is 2.58 bits per heavy atom. The number of thiophene rings is 1. The van der Waals surface area contributed by atoms with Crippen molar-refractivity contribution in [3.8, 4) is 5.75 Å². The van der Waals surface area contributed by atoms with Gasteiger partial charge in [-0.05, 0) is 46.6 Å². The summed E-state index contributed by atoms with van der Waals surface area (Å²) in [6, 6.07) is 8.75. The monoisotopic (exact) mass is 410 g/mol. The molecule has 0 amide bonds. The van der Waals surface area contributed by atoms with Crippen molar-refractivity contribution in [1.29, 1.82) is 0 Å². The second kappa shape index (κ2) is 6.33. The first-order valence-corrected chi connectivity index (χ1v) is 7.94. The lowest BCUT2D eigenvalue weighted by atomic mass is 10.1. The fourth-order valence-corrected chi connectivity index (χ4v) is 3.88. The molecule has 0 spiro atoms. The van der Waals surface area contributed by atoms with E-state index in [9.17, 15) is 8.78 Å². The average molecular weight is 412 g/mol. The highest BCUT2D eigenvalue weighted by Gasteiger charge is 2.15. The van der Waals surface area contributed by atoms with Crippen LogP contribution in [0.2, 0.25) is 0 Å². The van der Waals surface area contributed by atoms with Crippen LogP contribution in [0.15, 0.2) is 34.8 Å². The molecular weight excluding hydrogens is 402 g/mol. The van der Waals surface area contributed by atoms with Crippen LogP contribution < -0.4 is 4.74 Å². The van der Waals surface area contributed by atoms with E-state index in [1.54, 1.807) is 23.5 Å². The highest BCUT2D eigenvalue weighted by molar-refractivity contribution is 9.10. The van der Waals surface area contributed by atoms with Crippen molar-refractivity contribution >= 4 is 43.2 Å². The van der Waals surface area contributed by atoms with Gasteiger partial charge in [0.1, 0.15) is 5.75 Å². The van der Waals surface area contributed by atoms with Crippen LogP contribution in [0.25, 0.3) is 0 Å². The first-order valence-electron chi connectivity index (χ1n) is 5.42. The van der Waals surface area contributed by atoms with E-state index in [1.165, 1.54) is 10.9 Å². The number of halogens is 4. The smallest absolute Gasteiger partial charge is 0.387 e. The summed E-state index contributed by atoms with van der Waals surface area (Å²) in [5.74, 6) is 0.171. The quantitative estimate of drug-likeness (QED) is 0.568. The van der Waals surface area contributed by atoms with Gasteiger partial charge in [0.25, 0.3) is 0 Å². The van der Waals surface area contributed by atoms with E-state index in [1.807, 2.05) is 19.1 Å². The van der Waals surface area contributed by atoms with Gasteiger partial charge in [-0.15, -0.1) is 11.3 Å². The minimum atomic E-state index is -2.80. The predicted octanol–water partition coefficient (Wildman–Crippen LogP) is 5.90. The number of benzene rings is 1. The lowest BCUT2D eigenvalue weighted by Gasteiger charge is -2.10. The van der Waals surface area contributed by atoms with Crippen molar-refractivity contribution in [3.63, 3.8) is 0 Å². The molecule has 1 atom stereocenters. The van der Waals surface area contributed by atoms with Crippen LogP contribution in [0.4, 0.5) is 8.78 Å². The van der Waals surface area contributed by atoms with Gasteiger partial charge in [-0.3, -0.25) is 0 Å². The molecule has 0 radical (unpaired) electrons. The van der Waals surface area contributed by atoms with Crippen LogP contribution >= 0.6 is 43.2 Å². The minimum absolute atomic E-state index is 0.0382. The molecule has 2 rings (SSSR count). The average Bonchev–Trinajstić information content (AvgIpc) is 2.68. The van der Waals surface area contributed by atoms with Gasteiger partial charge in [0, 0.05) is 14.2 Å². The topological polar surface area (TPSA) is 9.23 Å². The highest BCUT2D eigenvalue weighted by atomic mass is 79.9. The van der Waals surface area contributed by atoms with Gasteiger partial charge in [0.15, 0.2) is 0 Å². The molecule has 1 aromatic heterocycles. The Morgan fingerprint density at radius 1 is 1.26 bits per heavy atom. The Bertz CT molecular complexity index is 552. The molecule has 1 aromatic carbocycles. The standard InChI is InChI=1S/C13H10Br2F2OS/c1-7-10(14)6-11(19-7)12(15)8-3-2-4-9(5-8)18-13(16)17/h2-6,12-13H,1H3. The van der Waals surface area contributed by atoms with Crippen LogP contribution in [-0.4, -0.2) is 6.61 Å². The van der Waals surface area contributed by atoms with E-state index < -0.39 is 6.61 Å². The van der Waals surface area contributed by atoms with Crippen molar-refractivity contribution < 1.29 is 13.5 Å². The summed E-state index contributed by atoms with van der Waals surface area (Å²) in [6.07, 6.45) is 0. The molecule has 0 bridgehead atoms. The second-order valence-corrected chi connectivity index (χ2v) is 6.92. The Hall–Kier alpha value is -0.460. The van der Waals surface area contributed by atoms with Crippen molar-refractivity contribution in [2.45, 2.75) is 18.4 Å². The zero-order valence-electron chi connectivity index (χ0n) is 9.87. The zero-order chi connectivity index (χ0) is 14.0. The van der Waals surface area contributed by atoms with Gasteiger partial charge >= 0.3 is 6.61 Å². The van der Waals surface area contributed by atoms with Crippen LogP contribution in [0, 0.1) is 6.92 Å². The lowest BCUT2D eigenvalue weighted by Crippen LogP contribution is -2.02. The molecule has 102 valence electrons. The fraction of sp³-hybridized carbons (Fsp3) is 0.231. The molecule has 0 aliphatic carbocycles. The lowest BCUT2D eigenvalue weighted by molar-refractivity contribution is -0.0498. The minimum Gasteiger partial charge on any atom is -0.435 e. The summed E-state index contributed by atoms with van der Waals surface area (Å²) in [6.45, 7) is -0.781. The molecule has 0 fully saturated rings. The maximum Gasteiger partial charge on any atom is 0.387 e. The zero-order valence-corrected chi connectivity index (χ0v) is 13.9. The predicted molar refractivity (Wildman–Crippen MR) is 80.6 cm³/mol. The molecule has 19 heavy (non-hydrogen) atoms. The Balaban J connectivity index is 2.25. The van der Waals surface area contributed by atoms with Crippen molar-refractivity contribution in [2.24, 2.45) is 0 Å². The van der Waals surface area contributed by atoms with Crippen LogP contribution in [0.1, 0.15) is 20.1 Å². The van der Waals surface area contributed by atoms with Gasteiger partial charge < -0.3 is 4.74 Å². The molecule has 6 heteroatoms. The largest absolute Gasteiger partial charge is 0.435 e. The summed E-state index contributed by atoms with van der Waals surface area (Å²) in [4.78, 5) is 2.25. The number of hydrogen-bond donors (Lipinski definition) is 0. The van der Waals surface area contributed by atoms with E-state index in [0.29, 0.717) is 0 Å². The first kappa shape index (κ1) is 14.9. The SMILES string of the molecule is Cc1sc(C(Br)c2cccc(OC(F)F)c2)cc1Br. The molecule has 1 heterocycles. The number of hydrogen-bond acceptors (Lipinski definition) is 2. The third-order valence-corrected chi connectivity index (χ3v) is 6.03. The van der Waals surface area contributed by atoms with Crippen LogP contribution in [0.3, 0.4) is 0 Å². The molecule has 0 aliphatic heterocycles. The van der Waals surface area contributed by atoms with E-state index in [0.717, 1.165) is 14.9 Å². The fourth-order valence-electron chi connectivity index (χ4n) is 1.62. The maximum absolute atomic E-state index is 12.2. The highest BCUT2D eigenvalue weighted by Crippen LogP contribution is 2.39. The van der Waals surface area contributed by atoms with E-state index in [-0.39, 0.29) is 10.6 Å². The van der Waals surface area contributed by atoms with E-state index in [4.69, 9.17) is 0 Å². The third kappa shape index (κ3) is 3.77.